The smallest absolute Gasteiger partial charge is 0.326 e. The molecule has 0 bridgehead atoms. The van der Waals surface area contributed by atoms with Gasteiger partial charge >= 0.3 is 5.97 Å². The van der Waals surface area contributed by atoms with Crippen molar-refractivity contribution in [2.75, 3.05) is 47.8 Å². The first kappa shape index (κ1) is 54.6. The average Bonchev–Trinajstić information content (AvgIpc) is 3.31. The summed E-state index contributed by atoms with van der Waals surface area (Å²) in [4.78, 5) is 52.4. The van der Waals surface area contributed by atoms with Gasteiger partial charge in [0.2, 0.25) is 10.0 Å². The summed E-state index contributed by atoms with van der Waals surface area (Å²) < 4.78 is 65.6. The molecule has 1 aromatic heterocycles. The van der Waals surface area contributed by atoms with E-state index in [0.29, 0.717) is 25.1 Å². The lowest BCUT2D eigenvalue weighted by Gasteiger charge is -2.22. The van der Waals surface area contributed by atoms with Gasteiger partial charge in [-0.3, -0.25) is 23.7 Å². The second-order valence-electron chi connectivity index (χ2n) is 16.3. The van der Waals surface area contributed by atoms with Gasteiger partial charge in [0.05, 0.1) is 61.0 Å². The number of halogens is 2. The van der Waals surface area contributed by atoms with Crippen LogP contribution in [0.15, 0.2) is 98.4 Å². The second kappa shape index (κ2) is 26.0. The third kappa shape index (κ3) is 15.1. The van der Waals surface area contributed by atoms with E-state index in [1.807, 2.05) is 17.9 Å². The Kier molecular flexibility index (Phi) is 20.6. The highest BCUT2D eigenvalue weighted by molar-refractivity contribution is 7.92. The molecule has 0 radical (unpaired) electrons. The maximum Gasteiger partial charge on any atom is 0.326 e. The Morgan fingerprint density at radius 1 is 0.797 bits per heavy atom. The number of fused-ring (bicyclic) bond motifs is 1. The number of anilines is 3. The molecule has 0 unspecified atom stereocenters. The van der Waals surface area contributed by atoms with Crippen LogP contribution in [0.3, 0.4) is 0 Å². The second-order valence-corrected chi connectivity index (χ2v) is 20.6. The van der Waals surface area contributed by atoms with Crippen LogP contribution in [-0.2, 0) is 40.9 Å². The van der Waals surface area contributed by atoms with Crippen molar-refractivity contribution in [1.29, 1.82) is 0 Å². The standard InChI is InChI=1S/C49H61Cl2N7O9S2/c1-5-8-9-10-11-12-13-14-15-18-27-52-68(63,64)36-22-25-40(51)44(32-36)56-69(65,66)37-23-24-39(50)43(31-37)55-48(61)46(53-41-26-21-35(30-34(41)4)57(6-2)28-29-59)47-54-42-20-17-16-19-38(42)49(62)58(47)33-45(60)67-7-3/h16-17,19-26,30-32,52,56,59H,5-15,18,27-29,33H2,1-4H3,(H,55,61). The van der Waals surface area contributed by atoms with Gasteiger partial charge in [-0.15, -0.1) is 0 Å². The fourth-order valence-corrected chi connectivity index (χ4v) is 10.1. The first-order valence-corrected chi connectivity index (χ1v) is 26.9. The largest absolute Gasteiger partial charge is 0.465 e. The molecule has 1 amide bonds. The minimum absolute atomic E-state index is 0.0159. The average molecular weight is 1030 g/mol. The van der Waals surface area contributed by atoms with E-state index in [1.165, 1.54) is 62.4 Å². The molecule has 20 heteroatoms. The number of benzene rings is 4. The third-order valence-electron chi connectivity index (χ3n) is 11.2. The number of rotatable bonds is 27. The molecule has 16 nitrogen and oxygen atoms in total. The van der Waals surface area contributed by atoms with Gasteiger partial charge in [-0.1, -0.05) is 100 Å². The molecule has 0 spiro atoms. The summed E-state index contributed by atoms with van der Waals surface area (Å²) in [5.41, 5.74) is 0.376. The van der Waals surface area contributed by atoms with E-state index in [-0.39, 0.29) is 73.4 Å². The Labute approximate surface area is 414 Å². The van der Waals surface area contributed by atoms with Gasteiger partial charge in [0, 0.05) is 25.3 Å². The Balaban J connectivity index is 1.44. The predicted molar refractivity (Wildman–Crippen MR) is 274 cm³/mol. The number of unbranched alkanes of at least 4 members (excludes halogenated alkanes) is 9. The summed E-state index contributed by atoms with van der Waals surface area (Å²) in [6, 6.07) is 18.8. The molecule has 0 atom stereocenters. The molecule has 5 rings (SSSR count). The van der Waals surface area contributed by atoms with E-state index < -0.39 is 49.7 Å². The number of nitrogens with zero attached hydrogens (tertiary/aromatic N) is 4. The van der Waals surface area contributed by atoms with Gasteiger partial charge in [-0.05, 0) is 99.5 Å². The fourth-order valence-electron chi connectivity index (χ4n) is 7.51. The van der Waals surface area contributed by atoms with Crippen molar-refractivity contribution in [2.45, 2.75) is 108 Å². The lowest BCUT2D eigenvalue weighted by Crippen LogP contribution is -2.36. The Morgan fingerprint density at radius 3 is 2.06 bits per heavy atom. The van der Waals surface area contributed by atoms with Crippen molar-refractivity contribution in [3.05, 3.63) is 111 Å². The van der Waals surface area contributed by atoms with Crippen LogP contribution in [0.4, 0.5) is 22.7 Å². The summed E-state index contributed by atoms with van der Waals surface area (Å²) in [5, 5.41) is 12.2. The van der Waals surface area contributed by atoms with E-state index >= 15 is 0 Å². The zero-order chi connectivity index (χ0) is 50.1. The van der Waals surface area contributed by atoms with Crippen LogP contribution in [0, 0.1) is 6.92 Å². The molecule has 4 N–H and O–H groups in total. The summed E-state index contributed by atoms with van der Waals surface area (Å²) in [5.74, 6) is -2.06. The van der Waals surface area contributed by atoms with Crippen molar-refractivity contribution in [1.82, 2.24) is 14.3 Å². The highest BCUT2D eigenvalue weighted by atomic mass is 35.5. The Hall–Kier alpha value is -5.37. The van der Waals surface area contributed by atoms with Crippen LogP contribution in [0.25, 0.3) is 10.9 Å². The Morgan fingerprint density at radius 2 is 1.42 bits per heavy atom. The monoisotopic (exact) mass is 1030 g/mol. The van der Waals surface area contributed by atoms with Crippen LogP contribution in [-0.4, -0.2) is 81.9 Å². The fraction of sp³-hybridized carbons (Fsp3) is 0.408. The molecule has 1 heterocycles. The first-order valence-electron chi connectivity index (χ1n) is 23.2. The zero-order valence-corrected chi connectivity index (χ0v) is 42.5. The molecular formula is C49H61Cl2N7O9S2. The molecule has 0 saturated heterocycles. The van der Waals surface area contributed by atoms with E-state index in [0.717, 1.165) is 48.1 Å². The highest BCUT2D eigenvalue weighted by Crippen LogP contribution is 2.31. The summed E-state index contributed by atoms with van der Waals surface area (Å²) in [6.45, 7) is 7.99. The Bertz CT molecular complexity index is 2910. The van der Waals surface area contributed by atoms with E-state index in [9.17, 15) is 36.3 Å². The van der Waals surface area contributed by atoms with Crippen molar-refractivity contribution in [3.63, 3.8) is 0 Å². The molecular weight excluding hydrogens is 966 g/mol. The minimum Gasteiger partial charge on any atom is -0.465 e. The molecule has 0 aliphatic carbocycles. The van der Waals surface area contributed by atoms with Crippen molar-refractivity contribution in [3.8, 4) is 0 Å². The number of aliphatic hydroxyl groups is 1. The van der Waals surface area contributed by atoms with Crippen LogP contribution in [0.5, 0.6) is 0 Å². The number of nitrogens with one attached hydrogen (secondary N) is 3. The molecule has 0 aliphatic rings. The number of ether oxygens (including phenoxy) is 1. The van der Waals surface area contributed by atoms with Crippen molar-refractivity contribution in [2.24, 2.45) is 4.99 Å². The normalized spacial score (nSPS) is 12.0. The molecule has 5 aromatic rings. The third-order valence-corrected chi connectivity index (χ3v) is 14.7. The van der Waals surface area contributed by atoms with Gasteiger partial charge in [-0.2, -0.15) is 0 Å². The quantitative estimate of drug-likeness (QED) is 0.0221. The molecule has 0 fully saturated rings. The summed E-state index contributed by atoms with van der Waals surface area (Å²) in [6.07, 6.45) is 11.0. The number of aromatic nitrogens is 2. The number of carbonyl (C=O) groups is 2. The van der Waals surface area contributed by atoms with Crippen LogP contribution >= 0.6 is 23.2 Å². The first-order chi connectivity index (χ1) is 33.0. The molecule has 0 aliphatic heterocycles. The van der Waals surface area contributed by atoms with Gasteiger partial charge in [0.25, 0.3) is 21.5 Å². The SMILES string of the molecule is CCCCCCCCCCCCNS(=O)(=O)c1ccc(Cl)c(NS(=O)(=O)c2ccc(Cl)c(NC(=O)C(=Nc3ccc(N(CC)CCO)cc3C)c3nc4ccccc4c(=O)n3CC(=O)OCC)c2)c1. The van der Waals surface area contributed by atoms with Crippen molar-refractivity contribution >= 4 is 94.5 Å². The van der Waals surface area contributed by atoms with Crippen LogP contribution in [0.2, 0.25) is 10.0 Å². The van der Waals surface area contributed by atoms with Crippen molar-refractivity contribution < 1.29 is 36.3 Å². The van der Waals surface area contributed by atoms with Gasteiger partial charge in [0.1, 0.15) is 6.54 Å². The van der Waals surface area contributed by atoms with E-state index in [4.69, 9.17) is 32.9 Å². The zero-order valence-electron chi connectivity index (χ0n) is 39.4. The number of aliphatic hydroxyl groups excluding tert-OH is 1. The molecule has 0 saturated carbocycles. The molecule has 4 aromatic carbocycles. The van der Waals surface area contributed by atoms with Gasteiger partial charge in [-0.25, -0.2) is 31.5 Å². The van der Waals surface area contributed by atoms with Gasteiger partial charge < -0.3 is 20.1 Å². The number of esters is 1. The van der Waals surface area contributed by atoms with E-state index in [1.54, 1.807) is 44.2 Å². The lowest BCUT2D eigenvalue weighted by molar-refractivity contribution is -0.143. The van der Waals surface area contributed by atoms with Crippen LogP contribution < -0.4 is 25.2 Å². The number of hydrogen-bond donors (Lipinski definition) is 4. The topological polar surface area (TPSA) is 218 Å². The predicted octanol–water partition coefficient (Wildman–Crippen LogP) is 9.15. The number of hydrogen-bond acceptors (Lipinski definition) is 12. The number of aliphatic imine (C=N–C) groups is 1. The number of amides is 1. The van der Waals surface area contributed by atoms with E-state index in [2.05, 4.69) is 26.7 Å². The lowest BCUT2D eigenvalue weighted by atomic mass is 10.1. The summed E-state index contributed by atoms with van der Waals surface area (Å²) >= 11 is 13.0. The number of sulfonamides is 2. The number of para-hydroxylation sites is 1. The van der Waals surface area contributed by atoms with Gasteiger partial charge in [0.15, 0.2) is 11.5 Å². The maximum atomic E-state index is 14.7. The molecule has 69 heavy (non-hydrogen) atoms. The van der Waals surface area contributed by atoms with Crippen LogP contribution in [0.1, 0.15) is 96.4 Å². The number of carbonyl (C=O) groups excluding carboxylic acids is 2. The number of likely N-dealkylation sites (N-methyl/N-ethyl adjacent to an activating group) is 1. The highest BCUT2D eigenvalue weighted by Gasteiger charge is 2.27. The number of aryl methyl sites for hydroxylation is 1. The minimum atomic E-state index is -4.53. The summed E-state index contributed by atoms with van der Waals surface area (Å²) in [7, 11) is -8.56. The molecule has 372 valence electrons. The maximum absolute atomic E-state index is 14.7.